The normalized spacial score (nSPS) is 9.72. The van der Waals surface area contributed by atoms with Crippen LogP contribution in [0.25, 0.3) is 0 Å². The fourth-order valence-electron chi connectivity index (χ4n) is 1.50. The quantitative estimate of drug-likeness (QED) is 0.815. The van der Waals surface area contributed by atoms with Gasteiger partial charge in [-0.15, -0.1) is 0 Å². The number of carbonyl (C=O) groups excluding carboxylic acids is 2. The Morgan fingerprint density at radius 2 is 2.00 bits per heavy atom. The number of rotatable bonds is 5. The first-order chi connectivity index (χ1) is 8.62. The lowest BCUT2D eigenvalue weighted by molar-refractivity contribution is -0.116. The maximum atomic E-state index is 11.4. The summed E-state index contributed by atoms with van der Waals surface area (Å²) in [4.78, 5) is 22.9. The maximum Gasteiger partial charge on any atom is 0.341 e. The first-order valence-corrected chi connectivity index (χ1v) is 5.68. The number of benzene rings is 1. The summed E-state index contributed by atoms with van der Waals surface area (Å²) < 4.78 is 9.73. The largest absolute Gasteiger partial charge is 0.496 e. The fraction of sp³-hybridized carbons (Fsp3) is 0.385. The van der Waals surface area contributed by atoms with Crippen LogP contribution < -0.4 is 10.1 Å². The van der Waals surface area contributed by atoms with Gasteiger partial charge in [-0.2, -0.15) is 0 Å². The number of ether oxygens (including phenoxy) is 2. The highest BCUT2D eigenvalue weighted by molar-refractivity contribution is 5.95. The first kappa shape index (κ1) is 14.0. The number of amides is 1. The summed E-state index contributed by atoms with van der Waals surface area (Å²) in [6, 6.07) is 4.80. The van der Waals surface area contributed by atoms with Gasteiger partial charge in [0.15, 0.2) is 0 Å². The van der Waals surface area contributed by atoms with Crippen LogP contribution in [0.3, 0.4) is 0 Å². The molecule has 0 fully saturated rings. The van der Waals surface area contributed by atoms with Crippen molar-refractivity contribution >= 4 is 17.6 Å². The van der Waals surface area contributed by atoms with E-state index < -0.39 is 5.97 Å². The van der Waals surface area contributed by atoms with Gasteiger partial charge in [0.2, 0.25) is 5.91 Å². The highest BCUT2D eigenvalue weighted by Crippen LogP contribution is 2.24. The van der Waals surface area contributed by atoms with Crippen molar-refractivity contribution in [1.82, 2.24) is 0 Å². The van der Waals surface area contributed by atoms with E-state index in [2.05, 4.69) is 10.1 Å². The maximum absolute atomic E-state index is 11.4. The van der Waals surface area contributed by atoms with Gasteiger partial charge in [0.1, 0.15) is 11.3 Å². The van der Waals surface area contributed by atoms with Crippen molar-refractivity contribution in [2.45, 2.75) is 19.8 Å². The summed E-state index contributed by atoms with van der Waals surface area (Å²) in [5.74, 6) is -0.167. The number of methoxy groups -OCH3 is 2. The van der Waals surface area contributed by atoms with Gasteiger partial charge in [0.25, 0.3) is 0 Å². The van der Waals surface area contributed by atoms with E-state index in [1.165, 1.54) is 14.2 Å². The Bertz CT molecular complexity index is 443. The molecule has 0 aliphatic carbocycles. The molecule has 1 amide bonds. The molecular formula is C13H17NO4. The van der Waals surface area contributed by atoms with Gasteiger partial charge < -0.3 is 14.8 Å². The number of hydrogen-bond acceptors (Lipinski definition) is 4. The number of esters is 1. The molecule has 0 saturated heterocycles. The Morgan fingerprint density at radius 1 is 1.28 bits per heavy atom. The number of nitrogens with one attached hydrogen (secondary N) is 1. The molecule has 0 bridgehead atoms. The molecule has 0 aliphatic heterocycles. The summed E-state index contributed by atoms with van der Waals surface area (Å²) in [5, 5.41) is 2.73. The summed E-state index contributed by atoms with van der Waals surface area (Å²) in [6.45, 7) is 1.93. The van der Waals surface area contributed by atoms with Crippen LogP contribution in [0, 0.1) is 0 Å². The van der Waals surface area contributed by atoms with Crippen LogP contribution in [0.5, 0.6) is 5.75 Å². The van der Waals surface area contributed by atoms with Gasteiger partial charge in [-0.05, 0) is 18.6 Å². The molecule has 0 radical (unpaired) electrons. The van der Waals surface area contributed by atoms with Crippen molar-refractivity contribution in [2.75, 3.05) is 19.5 Å². The first-order valence-electron chi connectivity index (χ1n) is 5.68. The average molecular weight is 251 g/mol. The average Bonchev–Trinajstić information content (AvgIpc) is 2.38. The molecule has 18 heavy (non-hydrogen) atoms. The van der Waals surface area contributed by atoms with Gasteiger partial charge in [0, 0.05) is 18.2 Å². The summed E-state index contributed by atoms with van der Waals surface area (Å²) >= 11 is 0. The fourth-order valence-corrected chi connectivity index (χ4v) is 1.50. The summed E-state index contributed by atoms with van der Waals surface area (Å²) in [6.07, 6.45) is 1.24. The van der Waals surface area contributed by atoms with Crippen LogP contribution in [0.2, 0.25) is 0 Å². The highest BCUT2D eigenvalue weighted by Gasteiger charge is 2.13. The summed E-state index contributed by atoms with van der Waals surface area (Å²) in [5.41, 5.74) is 0.923. The van der Waals surface area contributed by atoms with Crippen molar-refractivity contribution in [2.24, 2.45) is 0 Å². The molecule has 0 spiro atoms. The lowest BCUT2D eigenvalue weighted by Crippen LogP contribution is -2.11. The molecule has 1 aromatic rings. The SMILES string of the molecule is CCCC(=O)Nc1ccc(C(=O)OC)c(OC)c1. The molecule has 0 saturated carbocycles. The second kappa shape index (κ2) is 6.64. The van der Waals surface area contributed by atoms with Crippen molar-refractivity contribution in [3.63, 3.8) is 0 Å². The van der Waals surface area contributed by atoms with E-state index in [1.807, 2.05) is 6.92 Å². The molecule has 5 nitrogen and oxygen atoms in total. The van der Waals surface area contributed by atoms with E-state index in [-0.39, 0.29) is 5.91 Å². The van der Waals surface area contributed by atoms with Gasteiger partial charge in [-0.3, -0.25) is 4.79 Å². The zero-order valence-corrected chi connectivity index (χ0v) is 10.8. The predicted molar refractivity (Wildman–Crippen MR) is 67.9 cm³/mol. The van der Waals surface area contributed by atoms with Crippen LogP contribution in [-0.2, 0) is 9.53 Å². The molecular weight excluding hydrogens is 234 g/mol. The topological polar surface area (TPSA) is 64.6 Å². The minimum atomic E-state index is -0.474. The van der Waals surface area contributed by atoms with Crippen LogP contribution in [-0.4, -0.2) is 26.1 Å². The third-order valence-electron chi connectivity index (χ3n) is 2.37. The van der Waals surface area contributed by atoms with Gasteiger partial charge in [-0.25, -0.2) is 4.79 Å². The Balaban J connectivity index is 2.91. The molecule has 1 N–H and O–H groups in total. The Labute approximate surface area is 106 Å². The third-order valence-corrected chi connectivity index (χ3v) is 2.37. The predicted octanol–water partition coefficient (Wildman–Crippen LogP) is 2.22. The van der Waals surface area contributed by atoms with E-state index in [0.29, 0.717) is 23.4 Å². The van der Waals surface area contributed by atoms with E-state index in [4.69, 9.17) is 4.74 Å². The van der Waals surface area contributed by atoms with Crippen LogP contribution in [0.15, 0.2) is 18.2 Å². The molecule has 0 aliphatic rings. The molecule has 98 valence electrons. The molecule has 0 unspecified atom stereocenters. The molecule has 5 heteroatoms. The van der Waals surface area contributed by atoms with Gasteiger partial charge >= 0.3 is 5.97 Å². The smallest absolute Gasteiger partial charge is 0.341 e. The second-order valence-corrected chi connectivity index (χ2v) is 3.70. The van der Waals surface area contributed by atoms with Crippen molar-refractivity contribution in [1.29, 1.82) is 0 Å². The number of anilines is 1. The molecule has 1 aromatic carbocycles. The molecule has 0 atom stereocenters. The molecule has 0 aromatic heterocycles. The molecule has 1 rings (SSSR count). The van der Waals surface area contributed by atoms with Gasteiger partial charge in [0.05, 0.1) is 14.2 Å². The summed E-state index contributed by atoms with van der Waals surface area (Å²) in [7, 11) is 2.76. The van der Waals surface area contributed by atoms with E-state index in [9.17, 15) is 9.59 Å². The monoisotopic (exact) mass is 251 g/mol. The minimum Gasteiger partial charge on any atom is -0.496 e. The van der Waals surface area contributed by atoms with Crippen LogP contribution in [0.4, 0.5) is 5.69 Å². The standard InChI is InChI=1S/C13H17NO4/c1-4-5-12(15)14-9-6-7-10(13(16)18-3)11(8-9)17-2/h6-8H,4-5H2,1-3H3,(H,14,15). The van der Waals surface area contributed by atoms with E-state index in [0.717, 1.165) is 6.42 Å². The lowest BCUT2D eigenvalue weighted by atomic mass is 10.1. The Hall–Kier alpha value is -2.04. The third kappa shape index (κ3) is 3.48. The van der Waals surface area contributed by atoms with Crippen molar-refractivity contribution < 1.29 is 19.1 Å². The Morgan fingerprint density at radius 3 is 2.56 bits per heavy atom. The lowest BCUT2D eigenvalue weighted by Gasteiger charge is -2.10. The van der Waals surface area contributed by atoms with Crippen molar-refractivity contribution in [3.8, 4) is 5.75 Å². The van der Waals surface area contributed by atoms with Crippen molar-refractivity contribution in [3.05, 3.63) is 23.8 Å². The van der Waals surface area contributed by atoms with Crippen LogP contribution >= 0.6 is 0 Å². The zero-order chi connectivity index (χ0) is 13.5. The highest BCUT2D eigenvalue weighted by atomic mass is 16.5. The molecule has 0 heterocycles. The Kier molecular flexibility index (Phi) is 5.17. The van der Waals surface area contributed by atoms with E-state index in [1.54, 1.807) is 18.2 Å². The van der Waals surface area contributed by atoms with Crippen LogP contribution in [0.1, 0.15) is 30.1 Å². The number of carbonyl (C=O) groups is 2. The zero-order valence-electron chi connectivity index (χ0n) is 10.8. The van der Waals surface area contributed by atoms with E-state index >= 15 is 0 Å². The van der Waals surface area contributed by atoms with Gasteiger partial charge in [-0.1, -0.05) is 6.92 Å². The number of hydrogen-bond donors (Lipinski definition) is 1. The second-order valence-electron chi connectivity index (χ2n) is 3.70. The minimum absolute atomic E-state index is 0.0645.